The van der Waals surface area contributed by atoms with E-state index in [0.29, 0.717) is 0 Å². The Kier molecular flexibility index (Phi) is 4.56. The summed E-state index contributed by atoms with van der Waals surface area (Å²) in [4.78, 5) is 13.2. The molecular weight excluding hydrogens is 254 g/mol. The number of allylic oxidation sites excluding steroid dienone is 1. The zero-order valence-electron chi connectivity index (χ0n) is 8.90. The lowest BCUT2D eigenvalue weighted by Crippen LogP contribution is -2.21. The molecule has 0 N–H and O–H groups in total. The van der Waals surface area contributed by atoms with E-state index < -0.39 is 0 Å². The zero-order chi connectivity index (χ0) is 11.3. The number of benzene rings is 1. The number of hydrogen-bond donors (Lipinski definition) is 0. The molecule has 0 aliphatic carbocycles. The molecule has 0 heterocycles. The van der Waals surface area contributed by atoms with Crippen molar-refractivity contribution in [1.29, 1.82) is 0 Å². The highest BCUT2D eigenvalue weighted by Crippen LogP contribution is 2.09. The molecule has 0 radical (unpaired) electrons. The molecule has 3 heteroatoms. The molecule has 0 saturated carbocycles. The van der Waals surface area contributed by atoms with Crippen LogP contribution < -0.4 is 0 Å². The van der Waals surface area contributed by atoms with Crippen molar-refractivity contribution in [1.82, 2.24) is 4.90 Å². The van der Waals surface area contributed by atoms with Gasteiger partial charge in [0.1, 0.15) is 0 Å². The second-order valence-electron chi connectivity index (χ2n) is 3.38. The van der Waals surface area contributed by atoms with E-state index in [-0.39, 0.29) is 5.91 Å². The van der Waals surface area contributed by atoms with Gasteiger partial charge in [-0.15, -0.1) is 0 Å². The van der Waals surface area contributed by atoms with E-state index in [4.69, 9.17) is 0 Å². The first-order chi connectivity index (χ1) is 7.15. The van der Waals surface area contributed by atoms with Gasteiger partial charge in [0.15, 0.2) is 0 Å². The van der Waals surface area contributed by atoms with Gasteiger partial charge >= 0.3 is 0 Å². The molecule has 0 aliphatic rings. The summed E-state index contributed by atoms with van der Waals surface area (Å²) in [6.07, 6.45) is 3.99. The Bertz CT molecular complexity index is 372. The van der Waals surface area contributed by atoms with Crippen LogP contribution in [0.1, 0.15) is 15.9 Å². The highest BCUT2D eigenvalue weighted by Gasteiger charge is 2.06. The third kappa shape index (κ3) is 3.51. The van der Waals surface area contributed by atoms with Crippen LogP contribution in [-0.2, 0) is 0 Å². The lowest BCUT2D eigenvalue weighted by molar-refractivity contribution is 0.0827. The molecule has 1 rings (SSSR count). The summed E-state index contributed by atoms with van der Waals surface area (Å²) >= 11 is 3.32. The second kappa shape index (κ2) is 5.71. The SMILES string of the molecule is CN(C)C(=O)c1cccc(C=CCBr)c1. The molecule has 1 aromatic carbocycles. The molecule has 1 amide bonds. The van der Waals surface area contributed by atoms with Crippen LogP contribution in [0.3, 0.4) is 0 Å². The van der Waals surface area contributed by atoms with Crippen molar-refractivity contribution in [3.63, 3.8) is 0 Å². The number of carbonyl (C=O) groups excluding carboxylic acids is 1. The van der Waals surface area contributed by atoms with Crippen molar-refractivity contribution in [2.45, 2.75) is 0 Å². The Morgan fingerprint density at radius 2 is 2.20 bits per heavy atom. The fraction of sp³-hybridized carbons (Fsp3) is 0.250. The standard InChI is InChI=1S/C12H14BrNO/c1-14(2)12(15)11-7-3-5-10(9-11)6-4-8-13/h3-7,9H,8H2,1-2H3. The molecule has 0 aromatic heterocycles. The quantitative estimate of drug-likeness (QED) is 0.772. The Morgan fingerprint density at radius 1 is 1.47 bits per heavy atom. The molecule has 0 unspecified atom stereocenters. The maximum Gasteiger partial charge on any atom is 0.253 e. The minimum absolute atomic E-state index is 0.0316. The van der Waals surface area contributed by atoms with Gasteiger partial charge in [0.25, 0.3) is 5.91 Å². The first-order valence-electron chi connectivity index (χ1n) is 4.69. The van der Waals surface area contributed by atoms with Crippen LogP contribution in [0, 0.1) is 0 Å². The number of alkyl halides is 1. The summed E-state index contributed by atoms with van der Waals surface area (Å²) < 4.78 is 0. The third-order valence-electron chi connectivity index (χ3n) is 1.94. The van der Waals surface area contributed by atoms with Gasteiger partial charge in [0.05, 0.1) is 0 Å². The van der Waals surface area contributed by atoms with E-state index >= 15 is 0 Å². The maximum absolute atomic E-state index is 11.7. The lowest BCUT2D eigenvalue weighted by atomic mass is 10.1. The van der Waals surface area contributed by atoms with Crippen molar-refractivity contribution in [3.8, 4) is 0 Å². The molecule has 0 saturated heterocycles. The molecule has 0 atom stereocenters. The fourth-order valence-corrected chi connectivity index (χ4v) is 1.40. The molecule has 15 heavy (non-hydrogen) atoms. The monoisotopic (exact) mass is 267 g/mol. The largest absolute Gasteiger partial charge is 0.345 e. The summed E-state index contributed by atoms with van der Waals surface area (Å²) in [6, 6.07) is 7.59. The predicted octanol–water partition coefficient (Wildman–Crippen LogP) is 2.80. The third-order valence-corrected chi connectivity index (χ3v) is 2.31. The Balaban J connectivity index is 2.92. The van der Waals surface area contributed by atoms with Crippen molar-refractivity contribution in [2.75, 3.05) is 19.4 Å². The minimum atomic E-state index is 0.0316. The molecule has 0 bridgehead atoms. The van der Waals surface area contributed by atoms with Gasteiger partial charge < -0.3 is 4.90 Å². The summed E-state index contributed by atoms with van der Waals surface area (Å²) in [6.45, 7) is 0. The Hall–Kier alpha value is -1.09. The number of nitrogens with zero attached hydrogens (tertiary/aromatic N) is 1. The van der Waals surface area contributed by atoms with Crippen LogP contribution in [0.15, 0.2) is 30.3 Å². The smallest absolute Gasteiger partial charge is 0.253 e. The highest BCUT2D eigenvalue weighted by atomic mass is 79.9. The molecule has 1 aromatic rings. The minimum Gasteiger partial charge on any atom is -0.345 e. The molecule has 2 nitrogen and oxygen atoms in total. The Morgan fingerprint density at radius 3 is 2.80 bits per heavy atom. The average Bonchev–Trinajstić information content (AvgIpc) is 2.25. The second-order valence-corrected chi connectivity index (χ2v) is 4.03. The first-order valence-corrected chi connectivity index (χ1v) is 5.81. The van der Waals surface area contributed by atoms with Gasteiger partial charge in [-0.1, -0.05) is 40.2 Å². The first kappa shape index (κ1) is 12.0. The van der Waals surface area contributed by atoms with Gasteiger partial charge in [-0.2, -0.15) is 0 Å². The number of carbonyl (C=O) groups is 1. The van der Waals surface area contributed by atoms with E-state index in [1.165, 1.54) is 0 Å². The van der Waals surface area contributed by atoms with Crippen LogP contribution in [0.4, 0.5) is 0 Å². The van der Waals surface area contributed by atoms with E-state index in [1.807, 2.05) is 36.4 Å². The molecule has 0 spiro atoms. The highest BCUT2D eigenvalue weighted by molar-refractivity contribution is 9.09. The van der Waals surface area contributed by atoms with Gasteiger partial charge in [-0.25, -0.2) is 0 Å². The van der Waals surface area contributed by atoms with Crippen molar-refractivity contribution in [3.05, 3.63) is 41.5 Å². The molecule has 80 valence electrons. The zero-order valence-corrected chi connectivity index (χ0v) is 10.5. The number of rotatable bonds is 3. The van der Waals surface area contributed by atoms with Gasteiger partial charge in [0, 0.05) is 25.0 Å². The average molecular weight is 268 g/mol. The van der Waals surface area contributed by atoms with Gasteiger partial charge in [0.2, 0.25) is 0 Å². The van der Waals surface area contributed by atoms with Crippen molar-refractivity contribution < 1.29 is 4.79 Å². The van der Waals surface area contributed by atoms with Gasteiger partial charge in [-0.05, 0) is 17.7 Å². The summed E-state index contributed by atoms with van der Waals surface area (Å²) in [5.41, 5.74) is 1.76. The molecular formula is C12H14BrNO. The lowest BCUT2D eigenvalue weighted by Gasteiger charge is -2.10. The predicted molar refractivity (Wildman–Crippen MR) is 67.3 cm³/mol. The van der Waals surface area contributed by atoms with E-state index in [1.54, 1.807) is 19.0 Å². The van der Waals surface area contributed by atoms with Crippen LogP contribution in [0.25, 0.3) is 6.08 Å². The Labute approximate surface area is 98.7 Å². The van der Waals surface area contributed by atoms with Crippen molar-refractivity contribution >= 4 is 27.9 Å². The number of amides is 1. The van der Waals surface area contributed by atoms with Crippen LogP contribution in [-0.4, -0.2) is 30.2 Å². The topological polar surface area (TPSA) is 20.3 Å². The summed E-state index contributed by atoms with van der Waals surface area (Å²) in [5.74, 6) is 0.0316. The number of halogens is 1. The molecule has 0 aliphatic heterocycles. The number of hydrogen-bond acceptors (Lipinski definition) is 1. The van der Waals surface area contributed by atoms with Crippen LogP contribution >= 0.6 is 15.9 Å². The van der Waals surface area contributed by atoms with E-state index in [2.05, 4.69) is 15.9 Å². The van der Waals surface area contributed by atoms with Crippen LogP contribution in [0.2, 0.25) is 0 Å². The van der Waals surface area contributed by atoms with Gasteiger partial charge in [-0.3, -0.25) is 4.79 Å². The van der Waals surface area contributed by atoms with E-state index in [9.17, 15) is 4.79 Å². The summed E-state index contributed by atoms with van der Waals surface area (Å²) in [5, 5.41) is 0.818. The van der Waals surface area contributed by atoms with Crippen LogP contribution in [0.5, 0.6) is 0 Å². The molecule has 0 fully saturated rings. The maximum atomic E-state index is 11.7. The normalized spacial score (nSPS) is 10.6. The summed E-state index contributed by atoms with van der Waals surface area (Å²) in [7, 11) is 3.51. The van der Waals surface area contributed by atoms with E-state index in [0.717, 1.165) is 16.5 Å². The van der Waals surface area contributed by atoms with Crippen molar-refractivity contribution in [2.24, 2.45) is 0 Å². The fourth-order valence-electron chi connectivity index (χ4n) is 1.21.